The SMILES string of the molecule is C[C@@H]([NH3+])C12C[C@@H]3C[C@@H](CC(c4ccc(Cl)cc4)(C3)C1)C2. The highest BCUT2D eigenvalue weighted by Gasteiger charge is 2.60. The summed E-state index contributed by atoms with van der Waals surface area (Å²) in [5, 5.41) is 0.860. The number of benzene rings is 1. The number of halogens is 1. The zero-order valence-electron chi connectivity index (χ0n) is 12.4. The van der Waals surface area contributed by atoms with Gasteiger partial charge in [-0.2, -0.15) is 0 Å². The van der Waals surface area contributed by atoms with Crippen molar-refractivity contribution in [1.82, 2.24) is 0 Å². The van der Waals surface area contributed by atoms with Crippen LogP contribution in [-0.2, 0) is 5.41 Å². The molecule has 0 amide bonds. The van der Waals surface area contributed by atoms with Gasteiger partial charge in [0.2, 0.25) is 0 Å². The highest BCUT2D eigenvalue weighted by molar-refractivity contribution is 6.30. The maximum atomic E-state index is 6.09. The van der Waals surface area contributed by atoms with Crippen LogP contribution in [0.4, 0.5) is 0 Å². The average Bonchev–Trinajstić information content (AvgIpc) is 2.37. The summed E-state index contributed by atoms with van der Waals surface area (Å²) in [5.41, 5.74) is 6.94. The molecule has 1 nitrogen and oxygen atoms in total. The standard InChI is InChI=1S/C18H24ClN/c1-12(20)17-7-13-6-14(8-17)10-18(9-13,11-17)15-2-4-16(19)5-3-15/h2-5,12-14H,6-11,20H2,1H3/p+1/t12-,13-,14+,17?,18?/m1/s1. The molecule has 4 fully saturated rings. The molecule has 4 aliphatic rings. The Hall–Kier alpha value is -0.530. The first-order valence-electron chi connectivity index (χ1n) is 8.11. The first kappa shape index (κ1) is 13.2. The molecule has 1 aromatic carbocycles. The van der Waals surface area contributed by atoms with E-state index in [2.05, 4.69) is 36.9 Å². The lowest BCUT2D eigenvalue weighted by molar-refractivity contribution is -0.452. The van der Waals surface area contributed by atoms with Crippen LogP contribution in [0.25, 0.3) is 0 Å². The zero-order valence-corrected chi connectivity index (χ0v) is 13.1. The highest BCUT2D eigenvalue weighted by Crippen LogP contribution is 2.66. The van der Waals surface area contributed by atoms with E-state index in [0.717, 1.165) is 16.9 Å². The molecule has 5 atom stereocenters. The van der Waals surface area contributed by atoms with Crippen molar-refractivity contribution in [3.05, 3.63) is 34.9 Å². The summed E-state index contributed by atoms with van der Waals surface area (Å²) in [7, 11) is 0. The van der Waals surface area contributed by atoms with E-state index >= 15 is 0 Å². The summed E-state index contributed by atoms with van der Waals surface area (Å²) in [4.78, 5) is 0. The predicted octanol–water partition coefficient (Wildman–Crippen LogP) is 3.81. The Labute approximate surface area is 126 Å². The highest BCUT2D eigenvalue weighted by atomic mass is 35.5. The maximum absolute atomic E-state index is 6.09. The smallest absolute Gasteiger partial charge is 0.0872 e. The van der Waals surface area contributed by atoms with Gasteiger partial charge in [-0.1, -0.05) is 23.7 Å². The zero-order chi connectivity index (χ0) is 14.0. The molecule has 0 spiro atoms. The minimum atomic E-state index is 0.431. The second kappa shape index (κ2) is 4.24. The van der Waals surface area contributed by atoms with Crippen LogP contribution >= 0.6 is 11.6 Å². The number of hydrogen-bond acceptors (Lipinski definition) is 0. The minimum absolute atomic E-state index is 0.431. The van der Waals surface area contributed by atoms with Crippen LogP contribution in [0.5, 0.6) is 0 Å². The molecule has 2 unspecified atom stereocenters. The number of rotatable bonds is 2. The van der Waals surface area contributed by atoms with Crippen LogP contribution in [0.1, 0.15) is 51.0 Å². The molecule has 0 radical (unpaired) electrons. The Kier molecular flexibility index (Phi) is 2.79. The van der Waals surface area contributed by atoms with Gasteiger partial charge in [0.05, 0.1) is 6.04 Å². The van der Waals surface area contributed by atoms with Crippen molar-refractivity contribution in [1.29, 1.82) is 0 Å². The summed E-state index contributed by atoms with van der Waals surface area (Å²) in [5.74, 6) is 1.88. The third-order valence-corrected chi connectivity index (χ3v) is 6.86. The molecule has 5 rings (SSSR count). The Morgan fingerprint density at radius 1 is 1.10 bits per heavy atom. The molecule has 0 aromatic heterocycles. The van der Waals surface area contributed by atoms with Crippen molar-refractivity contribution in [2.24, 2.45) is 17.3 Å². The van der Waals surface area contributed by atoms with Crippen molar-refractivity contribution in [2.45, 2.75) is 56.9 Å². The fourth-order valence-corrected chi connectivity index (χ4v) is 6.18. The molecular formula is C18H25ClN+. The number of hydrogen-bond donors (Lipinski definition) is 1. The normalized spacial score (nSPS) is 43.8. The van der Waals surface area contributed by atoms with Crippen LogP contribution < -0.4 is 5.73 Å². The lowest BCUT2D eigenvalue weighted by Crippen LogP contribution is -2.71. The van der Waals surface area contributed by atoms with E-state index in [-0.39, 0.29) is 0 Å². The van der Waals surface area contributed by atoms with Gasteiger partial charge in [0, 0.05) is 10.4 Å². The van der Waals surface area contributed by atoms with Gasteiger partial charge in [-0.3, -0.25) is 0 Å². The molecular weight excluding hydrogens is 266 g/mol. The van der Waals surface area contributed by atoms with E-state index in [0.29, 0.717) is 16.9 Å². The van der Waals surface area contributed by atoms with Gasteiger partial charge < -0.3 is 5.73 Å². The van der Waals surface area contributed by atoms with Crippen LogP contribution in [0.3, 0.4) is 0 Å². The number of quaternary nitrogens is 1. The van der Waals surface area contributed by atoms with E-state index in [1.807, 2.05) is 0 Å². The summed E-state index contributed by atoms with van der Waals surface area (Å²) < 4.78 is 0. The quantitative estimate of drug-likeness (QED) is 0.858. The lowest BCUT2D eigenvalue weighted by Gasteiger charge is -2.62. The van der Waals surface area contributed by atoms with Crippen molar-refractivity contribution in [3.8, 4) is 0 Å². The molecule has 0 saturated heterocycles. The molecule has 0 aliphatic heterocycles. The second-order valence-corrected chi connectivity index (χ2v) is 8.45. The van der Waals surface area contributed by atoms with Gasteiger partial charge in [-0.05, 0) is 80.4 Å². The Morgan fingerprint density at radius 2 is 1.70 bits per heavy atom. The Balaban J connectivity index is 1.77. The third-order valence-electron chi connectivity index (χ3n) is 6.61. The van der Waals surface area contributed by atoms with E-state index in [1.165, 1.54) is 38.5 Å². The summed E-state index contributed by atoms with van der Waals surface area (Å²) >= 11 is 6.09. The fraction of sp³-hybridized carbons (Fsp3) is 0.667. The molecule has 108 valence electrons. The molecule has 0 heterocycles. The van der Waals surface area contributed by atoms with Crippen molar-refractivity contribution < 1.29 is 5.73 Å². The molecule has 4 aliphatic carbocycles. The Bertz CT molecular complexity index is 505. The average molecular weight is 291 g/mol. The Morgan fingerprint density at radius 3 is 2.25 bits per heavy atom. The van der Waals surface area contributed by atoms with Gasteiger partial charge in [0.25, 0.3) is 0 Å². The first-order valence-corrected chi connectivity index (χ1v) is 8.48. The maximum Gasteiger partial charge on any atom is 0.0872 e. The van der Waals surface area contributed by atoms with E-state index in [1.54, 1.807) is 5.56 Å². The summed E-state index contributed by atoms with van der Waals surface area (Å²) in [6.45, 7) is 2.35. The largest absolute Gasteiger partial charge is 0.355 e. The summed E-state index contributed by atoms with van der Waals surface area (Å²) in [6, 6.07) is 9.32. The molecule has 1 aromatic rings. The molecule has 3 N–H and O–H groups in total. The molecule has 2 heteroatoms. The predicted molar refractivity (Wildman–Crippen MR) is 82.6 cm³/mol. The second-order valence-electron chi connectivity index (χ2n) is 8.01. The molecule has 20 heavy (non-hydrogen) atoms. The van der Waals surface area contributed by atoms with E-state index in [4.69, 9.17) is 11.6 Å². The summed E-state index contributed by atoms with van der Waals surface area (Å²) in [6.07, 6.45) is 8.51. The van der Waals surface area contributed by atoms with Crippen LogP contribution in [0.15, 0.2) is 24.3 Å². The van der Waals surface area contributed by atoms with Crippen LogP contribution in [0, 0.1) is 17.3 Å². The third kappa shape index (κ3) is 1.79. The van der Waals surface area contributed by atoms with Gasteiger partial charge in [-0.15, -0.1) is 0 Å². The van der Waals surface area contributed by atoms with Crippen molar-refractivity contribution in [2.75, 3.05) is 0 Å². The van der Waals surface area contributed by atoms with Crippen molar-refractivity contribution in [3.63, 3.8) is 0 Å². The topological polar surface area (TPSA) is 27.6 Å². The monoisotopic (exact) mass is 290 g/mol. The van der Waals surface area contributed by atoms with Gasteiger partial charge in [-0.25, -0.2) is 0 Å². The van der Waals surface area contributed by atoms with Gasteiger partial charge >= 0.3 is 0 Å². The van der Waals surface area contributed by atoms with Gasteiger partial charge in [0.1, 0.15) is 0 Å². The first-order chi connectivity index (χ1) is 9.51. The minimum Gasteiger partial charge on any atom is -0.355 e. The van der Waals surface area contributed by atoms with Crippen molar-refractivity contribution >= 4 is 11.6 Å². The van der Waals surface area contributed by atoms with Crippen LogP contribution in [-0.4, -0.2) is 6.04 Å². The van der Waals surface area contributed by atoms with E-state index in [9.17, 15) is 0 Å². The fourth-order valence-electron chi connectivity index (χ4n) is 6.05. The van der Waals surface area contributed by atoms with E-state index < -0.39 is 0 Å². The lowest BCUT2D eigenvalue weighted by atomic mass is 9.41. The molecule has 4 bridgehead atoms. The molecule has 4 saturated carbocycles. The van der Waals surface area contributed by atoms with Crippen LogP contribution in [0.2, 0.25) is 5.02 Å². The van der Waals surface area contributed by atoms with Gasteiger partial charge in [0.15, 0.2) is 0 Å².